The van der Waals surface area contributed by atoms with Crippen LogP contribution in [0.1, 0.15) is 12.8 Å². The maximum atomic E-state index is 11.5. The van der Waals surface area contributed by atoms with Crippen molar-refractivity contribution in [1.29, 1.82) is 0 Å². The number of thioether (sulfide) groups is 1. The average Bonchev–Trinajstić information content (AvgIpc) is 2.55. The third-order valence-electron chi connectivity index (χ3n) is 4.66. The Morgan fingerprint density at radius 2 is 1.59 bits per heavy atom. The summed E-state index contributed by atoms with van der Waals surface area (Å²) in [6, 6.07) is 8.05. The van der Waals surface area contributed by atoms with Gasteiger partial charge in [-0.1, -0.05) is 0 Å². The van der Waals surface area contributed by atoms with Crippen LogP contribution < -0.4 is 4.90 Å². The highest BCUT2D eigenvalue weighted by molar-refractivity contribution is 7.99. The highest BCUT2D eigenvalue weighted by atomic mass is 32.2. The van der Waals surface area contributed by atoms with Crippen LogP contribution in [0, 0.1) is 0 Å². The molecule has 2 aliphatic heterocycles. The van der Waals surface area contributed by atoms with Gasteiger partial charge in [-0.05, 0) is 37.1 Å². The number of rotatable bonds is 3. The predicted octanol–water partition coefficient (Wildman–Crippen LogP) is 2.11. The van der Waals surface area contributed by atoms with Crippen LogP contribution in [0.25, 0.3) is 0 Å². The van der Waals surface area contributed by atoms with Crippen molar-refractivity contribution in [3.05, 3.63) is 24.3 Å². The van der Waals surface area contributed by atoms with Gasteiger partial charge >= 0.3 is 0 Å². The lowest BCUT2D eigenvalue weighted by atomic mass is 10.0. The smallest absolute Gasteiger partial charge is 0.175 e. The summed E-state index contributed by atoms with van der Waals surface area (Å²) < 4.78 is 23.0. The van der Waals surface area contributed by atoms with Gasteiger partial charge in [0.05, 0.1) is 4.90 Å². The lowest BCUT2D eigenvalue weighted by Crippen LogP contribution is -2.47. The van der Waals surface area contributed by atoms with E-state index in [0.29, 0.717) is 4.90 Å². The standard InChI is InChI=1S/C16H24N2O2S2/c1-22(19,20)16-4-2-14(3-5-16)17-8-6-15(7-9-17)18-10-12-21-13-11-18/h2-5,15H,6-13H2,1H3. The Morgan fingerprint density at radius 1 is 1.00 bits per heavy atom. The average molecular weight is 341 g/mol. The molecule has 0 aliphatic carbocycles. The number of sulfone groups is 1. The summed E-state index contributed by atoms with van der Waals surface area (Å²) in [7, 11) is -3.10. The molecule has 122 valence electrons. The molecule has 1 aromatic carbocycles. The van der Waals surface area contributed by atoms with E-state index in [0.717, 1.165) is 24.8 Å². The quantitative estimate of drug-likeness (QED) is 0.843. The maximum Gasteiger partial charge on any atom is 0.175 e. The van der Waals surface area contributed by atoms with Crippen LogP contribution in [0.15, 0.2) is 29.2 Å². The molecule has 0 amide bonds. The van der Waals surface area contributed by atoms with Crippen molar-refractivity contribution in [2.24, 2.45) is 0 Å². The lowest BCUT2D eigenvalue weighted by molar-refractivity contribution is 0.186. The molecule has 6 heteroatoms. The normalized spacial score (nSPS) is 22.0. The van der Waals surface area contributed by atoms with Gasteiger partial charge in [0.25, 0.3) is 0 Å². The van der Waals surface area contributed by atoms with Gasteiger partial charge < -0.3 is 4.90 Å². The predicted molar refractivity (Wildman–Crippen MR) is 93.7 cm³/mol. The molecule has 0 atom stereocenters. The third-order valence-corrected chi connectivity index (χ3v) is 6.73. The molecule has 0 bridgehead atoms. The Bertz CT molecular complexity index is 587. The molecule has 1 aromatic rings. The Morgan fingerprint density at radius 3 is 2.14 bits per heavy atom. The number of hydrogen-bond acceptors (Lipinski definition) is 5. The van der Waals surface area contributed by atoms with Gasteiger partial charge in [-0.3, -0.25) is 4.90 Å². The van der Waals surface area contributed by atoms with Crippen LogP contribution in [-0.4, -0.2) is 63.3 Å². The third kappa shape index (κ3) is 3.78. The number of nitrogens with zero attached hydrogens (tertiary/aromatic N) is 2. The van der Waals surface area contributed by atoms with Crippen LogP contribution >= 0.6 is 11.8 Å². The number of anilines is 1. The van der Waals surface area contributed by atoms with Crippen molar-refractivity contribution in [2.45, 2.75) is 23.8 Å². The van der Waals surface area contributed by atoms with Crippen molar-refractivity contribution in [2.75, 3.05) is 48.8 Å². The topological polar surface area (TPSA) is 40.6 Å². The molecule has 0 unspecified atom stereocenters. The molecule has 0 saturated carbocycles. The van der Waals surface area contributed by atoms with E-state index in [1.54, 1.807) is 12.1 Å². The highest BCUT2D eigenvalue weighted by Crippen LogP contribution is 2.25. The van der Waals surface area contributed by atoms with Crippen molar-refractivity contribution in [1.82, 2.24) is 4.90 Å². The second kappa shape index (κ2) is 6.81. The first kappa shape index (κ1) is 16.1. The van der Waals surface area contributed by atoms with Crippen molar-refractivity contribution in [3.8, 4) is 0 Å². The maximum absolute atomic E-state index is 11.5. The molecular formula is C16H24N2O2S2. The molecule has 0 spiro atoms. The molecule has 0 radical (unpaired) electrons. The summed E-state index contributed by atoms with van der Waals surface area (Å²) in [5.41, 5.74) is 1.14. The van der Waals surface area contributed by atoms with Gasteiger partial charge in [0.15, 0.2) is 9.84 Å². The SMILES string of the molecule is CS(=O)(=O)c1ccc(N2CCC(N3CCSCC3)CC2)cc1. The number of piperidine rings is 1. The Balaban J connectivity index is 1.59. The number of benzene rings is 1. The van der Waals surface area contributed by atoms with Crippen LogP contribution in [0.3, 0.4) is 0 Å². The van der Waals surface area contributed by atoms with E-state index < -0.39 is 9.84 Å². The second-order valence-electron chi connectivity index (χ2n) is 6.13. The second-order valence-corrected chi connectivity index (χ2v) is 9.37. The van der Waals surface area contributed by atoms with Crippen molar-refractivity contribution >= 4 is 27.3 Å². The Labute approximate surface area is 137 Å². The molecule has 2 saturated heterocycles. The zero-order chi connectivity index (χ0) is 15.6. The molecular weight excluding hydrogens is 316 g/mol. The van der Waals surface area contributed by atoms with E-state index in [2.05, 4.69) is 21.6 Å². The van der Waals surface area contributed by atoms with E-state index in [1.807, 2.05) is 12.1 Å². The summed E-state index contributed by atoms with van der Waals surface area (Å²) in [6.45, 7) is 4.59. The van der Waals surface area contributed by atoms with Crippen LogP contribution in [0.5, 0.6) is 0 Å². The molecule has 2 fully saturated rings. The Kier molecular flexibility index (Phi) is 5.00. The molecule has 4 nitrogen and oxygen atoms in total. The molecule has 22 heavy (non-hydrogen) atoms. The number of hydrogen-bond donors (Lipinski definition) is 0. The first-order valence-corrected chi connectivity index (χ1v) is 11.0. The fraction of sp³-hybridized carbons (Fsp3) is 0.625. The van der Waals surface area contributed by atoms with Crippen molar-refractivity contribution < 1.29 is 8.42 Å². The summed E-state index contributed by atoms with van der Waals surface area (Å²) in [4.78, 5) is 5.43. The van der Waals surface area contributed by atoms with Crippen LogP contribution in [0.4, 0.5) is 5.69 Å². The lowest BCUT2D eigenvalue weighted by Gasteiger charge is -2.40. The van der Waals surface area contributed by atoms with E-state index in [1.165, 1.54) is 43.7 Å². The summed E-state index contributed by atoms with van der Waals surface area (Å²) in [5.74, 6) is 2.54. The van der Waals surface area contributed by atoms with Gasteiger partial charge in [0, 0.05) is 55.7 Å². The molecule has 0 aromatic heterocycles. The van der Waals surface area contributed by atoms with E-state index in [9.17, 15) is 8.42 Å². The summed E-state index contributed by atoms with van der Waals surface area (Å²) in [5, 5.41) is 0. The molecule has 3 rings (SSSR count). The van der Waals surface area contributed by atoms with Crippen LogP contribution in [-0.2, 0) is 9.84 Å². The summed E-state index contributed by atoms with van der Waals surface area (Å²) in [6.07, 6.45) is 3.67. The van der Waals surface area contributed by atoms with Crippen LogP contribution in [0.2, 0.25) is 0 Å². The van der Waals surface area contributed by atoms with Gasteiger partial charge in [-0.25, -0.2) is 8.42 Å². The Hall–Kier alpha value is -0.720. The summed E-state index contributed by atoms with van der Waals surface area (Å²) >= 11 is 2.06. The van der Waals surface area contributed by atoms with Gasteiger partial charge in [-0.15, -0.1) is 0 Å². The van der Waals surface area contributed by atoms with Gasteiger partial charge in [0.1, 0.15) is 0 Å². The molecule has 0 N–H and O–H groups in total. The highest BCUT2D eigenvalue weighted by Gasteiger charge is 2.25. The van der Waals surface area contributed by atoms with E-state index in [4.69, 9.17) is 0 Å². The first-order chi connectivity index (χ1) is 10.5. The van der Waals surface area contributed by atoms with E-state index in [-0.39, 0.29) is 0 Å². The largest absolute Gasteiger partial charge is 0.371 e. The molecule has 2 aliphatic rings. The zero-order valence-corrected chi connectivity index (χ0v) is 14.7. The fourth-order valence-electron chi connectivity index (χ4n) is 3.34. The molecule has 2 heterocycles. The van der Waals surface area contributed by atoms with Crippen molar-refractivity contribution in [3.63, 3.8) is 0 Å². The van der Waals surface area contributed by atoms with E-state index >= 15 is 0 Å². The monoisotopic (exact) mass is 340 g/mol. The first-order valence-electron chi connectivity index (χ1n) is 7.91. The van der Waals surface area contributed by atoms with Gasteiger partial charge in [-0.2, -0.15) is 11.8 Å². The zero-order valence-electron chi connectivity index (χ0n) is 13.1. The minimum atomic E-state index is -3.10. The van der Waals surface area contributed by atoms with Gasteiger partial charge in [0.2, 0.25) is 0 Å². The minimum Gasteiger partial charge on any atom is -0.371 e. The fourth-order valence-corrected chi connectivity index (χ4v) is 4.90. The minimum absolute atomic E-state index is 0.400.